The smallest absolute Gasteiger partial charge is 0.306 e. The van der Waals surface area contributed by atoms with Crippen LogP contribution >= 0.6 is 0 Å². The standard InChI is InChI=1S/C17H28O4/c18-16(19)14-8-4-12(5-9-14)2-1-3-13-6-10-15(11-7-13)17(20)21/h12-15H,1-11H2,(H,18,19)(H,20,21). The minimum absolute atomic E-state index is 0.104. The third kappa shape index (κ3) is 5.01. The van der Waals surface area contributed by atoms with Gasteiger partial charge in [-0.15, -0.1) is 0 Å². The summed E-state index contributed by atoms with van der Waals surface area (Å²) in [4.78, 5) is 21.8. The van der Waals surface area contributed by atoms with Gasteiger partial charge < -0.3 is 10.2 Å². The highest BCUT2D eigenvalue weighted by Crippen LogP contribution is 2.35. The summed E-state index contributed by atoms with van der Waals surface area (Å²) >= 11 is 0. The van der Waals surface area contributed by atoms with Gasteiger partial charge in [0.15, 0.2) is 0 Å². The summed E-state index contributed by atoms with van der Waals surface area (Å²) in [5.41, 5.74) is 0. The SMILES string of the molecule is O=C(O)C1CCC(CCCC2CCC(C(=O)O)CC2)CC1. The molecule has 0 aromatic heterocycles. The lowest BCUT2D eigenvalue weighted by atomic mass is 9.77. The molecule has 2 N–H and O–H groups in total. The molecule has 0 spiro atoms. The fourth-order valence-corrected chi connectivity index (χ4v) is 4.09. The third-order valence-corrected chi connectivity index (χ3v) is 5.62. The highest BCUT2D eigenvalue weighted by Gasteiger charge is 2.27. The highest BCUT2D eigenvalue weighted by atomic mass is 16.4. The van der Waals surface area contributed by atoms with Crippen molar-refractivity contribution in [1.29, 1.82) is 0 Å². The van der Waals surface area contributed by atoms with Gasteiger partial charge in [0.05, 0.1) is 11.8 Å². The summed E-state index contributed by atoms with van der Waals surface area (Å²) in [6.07, 6.45) is 11.4. The van der Waals surface area contributed by atoms with E-state index in [9.17, 15) is 9.59 Å². The first-order chi connectivity index (χ1) is 10.1. The van der Waals surface area contributed by atoms with Crippen LogP contribution in [0.25, 0.3) is 0 Å². The summed E-state index contributed by atoms with van der Waals surface area (Å²) < 4.78 is 0. The van der Waals surface area contributed by atoms with Crippen molar-refractivity contribution in [2.24, 2.45) is 23.7 Å². The average Bonchev–Trinajstić information content (AvgIpc) is 2.48. The molecular weight excluding hydrogens is 268 g/mol. The van der Waals surface area contributed by atoms with E-state index in [1.165, 1.54) is 19.3 Å². The van der Waals surface area contributed by atoms with E-state index < -0.39 is 11.9 Å². The number of hydrogen-bond acceptors (Lipinski definition) is 2. The van der Waals surface area contributed by atoms with Crippen molar-refractivity contribution in [2.75, 3.05) is 0 Å². The zero-order chi connectivity index (χ0) is 15.2. The summed E-state index contributed by atoms with van der Waals surface area (Å²) in [7, 11) is 0. The molecule has 120 valence electrons. The second-order valence-corrected chi connectivity index (χ2v) is 7.04. The van der Waals surface area contributed by atoms with Crippen molar-refractivity contribution >= 4 is 11.9 Å². The second kappa shape index (κ2) is 7.81. The molecule has 0 aromatic carbocycles. The van der Waals surface area contributed by atoms with Crippen LogP contribution in [0.2, 0.25) is 0 Å². The second-order valence-electron chi connectivity index (χ2n) is 7.04. The van der Waals surface area contributed by atoms with E-state index >= 15 is 0 Å². The van der Waals surface area contributed by atoms with Gasteiger partial charge in [-0.3, -0.25) is 9.59 Å². The van der Waals surface area contributed by atoms with Gasteiger partial charge in [-0.05, 0) is 63.2 Å². The van der Waals surface area contributed by atoms with E-state index in [1.54, 1.807) is 0 Å². The van der Waals surface area contributed by atoms with Gasteiger partial charge in [0.2, 0.25) is 0 Å². The Hall–Kier alpha value is -1.06. The maximum atomic E-state index is 10.9. The molecule has 4 heteroatoms. The lowest BCUT2D eigenvalue weighted by Gasteiger charge is -2.28. The molecule has 21 heavy (non-hydrogen) atoms. The molecule has 0 saturated heterocycles. The normalized spacial score (nSPS) is 33.5. The summed E-state index contributed by atoms with van der Waals surface area (Å²) in [5.74, 6) is -0.0145. The maximum absolute atomic E-state index is 10.9. The van der Waals surface area contributed by atoms with Crippen molar-refractivity contribution < 1.29 is 19.8 Å². The Kier molecular flexibility index (Phi) is 6.07. The minimum atomic E-state index is -0.622. The minimum Gasteiger partial charge on any atom is -0.481 e. The van der Waals surface area contributed by atoms with Crippen LogP contribution in [0, 0.1) is 23.7 Å². The van der Waals surface area contributed by atoms with Crippen molar-refractivity contribution in [3.05, 3.63) is 0 Å². The zero-order valence-electron chi connectivity index (χ0n) is 12.8. The predicted octanol–water partition coefficient (Wildman–Crippen LogP) is 3.94. The van der Waals surface area contributed by atoms with Crippen LogP contribution in [0.3, 0.4) is 0 Å². The van der Waals surface area contributed by atoms with Crippen LogP contribution < -0.4 is 0 Å². The van der Waals surface area contributed by atoms with E-state index in [2.05, 4.69) is 0 Å². The molecule has 0 unspecified atom stereocenters. The average molecular weight is 296 g/mol. The van der Waals surface area contributed by atoms with Crippen LogP contribution in [-0.4, -0.2) is 22.2 Å². The number of aliphatic carboxylic acids is 2. The van der Waals surface area contributed by atoms with Crippen molar-refractivity contribution in [3.63, 3.8) is 0 Å². The Morgan fingerprint density at radius 3 is 1.29 bits per heavy atom. The quantitative estimate of drug-likeness (QED) is 0.778. The molecule has 2 aliphatic rings. The topological polar surface area (TPSA) is 74.6 Å². The van der Waals surface area contributed by atoms with Crippen LogP contribution in [0.5, 0.6) is 0 Å². The van der Waals surface area contributed by atoms with E-state index in [1.807, 2.05) is 0 Å². The van der Waals surface area contributed by atoms with Crippen molar-refractivity contribution in [1.82, 2.24) is 0 Å². The number of rotatable bonds is 6. The van der Waals surface area contributed by atoms with Crippen LogP contribution in [0.1, 0.15) is 70.6 Å². The van der Waals surface area contributed by atoms with Crippen LogP contribution in [-0.2, 0) is 9.59 Å². The molecule has 0 aliphatic heterocycles. The Labute approximate surface area is 126 Å². The summed E-state index contributed by atoms with van der Waals surface area (Å²) in [6, 6.07) is 0. The molecule has 2 fully saturated rings. The summed E-state index contributed by atoms with van der Waals surface area (Å²) in [6.45, 7) is 0. The Balaban J connectivity index is 1.57. The number of carboxylic acid groups (broad SMARTS) is 2. The van der Waals surface area contributed by atoms with E-state index in [-0.39, 0.29) is 11.8 Å². The molecule has 2 aliphatic carbocycles. The first kappa shape index (κ1) is 16.3. The molecule has 4 nitrogen and oxygen atoms in total. The largest absolute Gasteiger partial charge is 0.481 e. The molecule has 0 radical (unpaired) electrons. The predicted molar refractivity (Wildman–Crippen MR) is 80.0 cm³/mol. The molecule has 0 aromatic rings. The molecule has 0 heterocycles. The molecular formula is C17H28O4. The number of hydrogen-bond donors (Lipinski definition) is 2. The zero-order valence-corrected chi connectivity index (χ0v) is 12.8. The fraction of sp³-hybridized carbons (Fsp3) is 0.882. The summed E-state index contributed by atoms with van der Waals surface area (Å²) in [5, 5.41) is 18.0. The van der Waals surface area contributed by atoms with E-state index in [0.717, 1.165) is 63.2 Å². The van der Waals surface area contributed by atoms with E-state index in [4.69, 9.17) is 10.2 Å². The first-order valence-corrected chi connectivity index (χ1v) is 8.52. The third-order valence-electron chi connectivity index (χ3n) is 5.62. The molecule has 0 bridgehead atoms. The van der Waals surface area contributed by atoms with Gasteiger partial charge in [0.25, 0.3) is 0 Å². The monoisotopic (exact) mass is 296 g/mol. The Morgan fingerprint density at radius 2 is 1.00 bits per heavy atom. The van der Waals surface area contributed by atoms with Gasteiger partial charge in [-0.25, -0.2) is 0 Å². The van der Waals surface area contributed by atoms with Gasteiger partial charge in [-0.2, -0.15) is 0 Å². The van der Waals surface area contributed by atoms with Gasteiger partial charge in [-0.1, -0.05) is 19.3 Å². The molecule has 0 amide bonds. The van der Waals surface area contributed by atoms with Gasteiger partial charge in [0, 0.05) is 0 Å². The van der Waals surface area contributed by atoms with Crippen LogP contribution in [0.15, 0.2) is 0 Å². The molecule has 0 atom stereocenters. The lowest BCUT2D eigenvalue weighted by Crippen LogP contribution is -2.22. The fourth-order valence-electron chi connectivity index (χ4n) is 4.09. The van der Waals surface area contributed by atoms with Crippen LogP contribution in [0.4, 0.5) is 0 Å². The number of carbonyl (C=O) groups is 2. The van der Waals surface area contributed by atoms with Crippen molar-refractivity contribution in [3.8, 4) is 0 Å². The van der Waals surface area contributed by atoms with Gasteiger partial charge in [0.1, 0.15) is 0 Å². The Morgan fingerprint density at radius 1 is 0.667 bits per heavy atom. The lowest BCUT2D eigenvalue weighted by molar-refractivity contribution is -0.144. The molecule has 2 rings (SSSR count). The first-order valence-electron chi connectivity index (χ1n) is 8.52. The molecule has 2 saturated carbocycles. The van der Waals surface area contributed by atoms with Crippen molar-refractivity contribution in [2.45, 2.75) is 70.6 Å². The van der Waals surface area contributed by atoms with Gasteiger partial charge >= 0.3 is 11.9 Å². The Bertz CT molecular complexity index is 316. The number of carboxylic acids is 2. The van der Waals surface area contributed by atoms with E-state index in [0.29, 0.717) is 0 Å². The maximum Gasteiger partial charge on any atom is 0.306 e. The highest BCUT2D eigenvalue weighted by molar-refractivity contribution is 5.70.